The third-order valence-electron chi connectivity index (χ3n) is 4.45. The number of benzene rings is 2. The van der Waals surface area contributed by atoms with Crippen LogP contribution >= 0.6 is 23.4 Å². The summed E-state index contributed by atoms with van der Waals surface area (Å²) in [6.45, 7) is 4.20. The molecule has 0 saturated carbocycles. The zero-order chi connectivity index (χ0) is 23.3. The van der Waals surface area contributed by atoms with Crippen molar-refractivity contribution in [3.8, 4) is 0 Å². The molecule has 2 aromatic carbocycles. The molecule has 0 saturated heterocycles. The molecule has 4 nitrogen and oxygen atoms in total. The molecule has 0 bridgehead atoms. The molecule has 3 rings (SSSR count). The van der Waals surface area contributed by atoms with Crippen molar-refractivity contribution in [1.29, 1.82) is 0 Å². The van der Waals surface area contributed by atoms with Gasteiger partial charge in [-0.3, -0.25) is 4.79 Å². The summed E-state index contributed by atoms with van der Waals surface area (Å²) in [7, 11) is 0. The molecule has 3 aromatic rings. The number of nitrogens with zero attached hydrogens (tertiary/aromatic N) is 2. The third-order valence-corrected chi connectivity index (χ3v) is 5.86. The van der Waals surface area contributed by atoms with Crippen LogP contribution in [0, 0.1) is 0 Å². The fourth-order valence-electron chi connectivity index (χ4n) is 3.06. The number of halogens is 4. The molecule has 1 N–H and O–H groups in total. The van der Waals surface area contributed by atoms with Gasteiger partial charge in [-0.1, -0.05) is 41.6 Å². The minimum Gasteiger partial charge on any atom is -0.339 e. The molecule has 9 heteroatoms. The van der Waals surface area contributed by atoms with E-state index in [0.717, 1.165) is 29.2 Å². The number of nitrogens with one attached hydrogen (secondary N) is 1. The van der Waals surface area contributed by atoms with Crippen molar-refractivity contribution < 1.29 is 18.0 Å². The van der Waals surface area contributed by atoms with E-state index in [1.54, 1.807) is 12.1 Å². The summed E-state index contributed by atoms with van der Waals surface area (Å²) in [4.78, 5) is 18.2. The first-order chi connectivity index (χ1) is 15.1. The van der Waals surface area contributed by atoms with Crippen LogP contribution in [0.1, 0.15) is 19.4 Å². The van der Waals surface area contributed by atoms with Gasteiger partial charge in [0.15, 0.2) is 0 Å². The Labute approximate surface area is 193 Å². The highest BCUT2D eigenvalue weighted by molar-refractivity contribution is 8.00. The van der Waals surface area contributed by atoms with Gasteiger partial charge in [-0.05, 0) is 56.3 Å². The lowest BCUT2D eigenvalue weighted by atomic mass is 10.2. The minimum absolute atomic E-state index is 0.0397. The van der Waals surface area contributed by atoms with Crippen molar-refractivity contribution in [2.45, 2.75) is 31.1 Å². The Morgan fingerprint density at radius 3 is 2.28 bits per heavy atom. The second-order valence-corrected chi connectivity index (χ2v) is 8.56. The number of aromatic nitrogens is 1. The fraction of sp³-hybridized carbons (Fsp3) is 0.217. The van der Waals surface area contributed by atoms with E-state index in [1.807, 2.05) is 42.5 Å². The number of hydrogen-bond acceptors (Lipinski definition) is 4. The molecule has 1 heterocycles. The Kier molecular flexibility index (Phi) is 7.69. The SMILES string of the molecule is CC(C)N(c1ccccc1)c1ccc(NC(=O)CSc2ncc(C(F)(F)F)cc2Cl)cc1. The molecule has 0 radical (unpaired) electrons. The number of alkyl halides is 3. The number of para-hydroxylation sites is 1. The van der Waals surface area contributed by atoms with Gasteiger partial charge in [-0.25, -0.2) is 4.98 Å². The molecule has 1 aromatic heterocycles. The number of rotatable bonds is 7. The highest BCUT2D eigenvalue weighted by atomic mass is 35.5. The van der Waals surface area contributed by atoms with Gasteiger partial charge in [-0.15, -0.1) is 0 Å². The molecule has 0 atom stereocenters. The molecule has 0 spiro atoms. The van der Waals surface area contributed by atoms with Crippen molar-refractivity contribution in [3.05, 3.63) is 77.4 Å². The number of pyridine rings is 1. The molecule has 0 unspecified atom stereocenters. The Morgan fingerprint density at radius 2 is 1.72 bits per heavy atom. The molecule has 0 fully saturated rings. The van der Waals surface area contributed by atoms with Crippen LogP contribution in [0.5, 0.6) is 0 Å². The van der Waals surface area contributed by atoms with Crippen LogP contribution < -0.4 is 10.2 Å². The van der Waals surface area contributed by atoms with E-state index in [1.165, 1.54) is 0 Å². The standard InChI is InChI=1S/C23H21ClF3N3OS/c1-15(2)30(18-6-4-3-5-7-18)19-10-8-17(9-11-19)29-21(31)14-32-22-20(24)12-16(13-28-22)23(25,26)27/h3-13,15H,14H2,1-2H3,(H,29,31). The molecule has 0 aliphatic carbocycles. The van der Waals surface area contributed by atoms with E-state index in [-0.39, 0.29) is 27.8 Å². The van der Waals surface area contributed by atoms with E-state index in [4.69, 9.17) is 11.6 Å². The second kappa shape index (κ2) is 10.3. The Balaban J connectivity index is 1.61. The van der Waals surface area contributed by atoms with Gasteiger partial charge in [0.05, 0.1) is 16.3 Å². The van der Waals surface area contributed by atoms with Crippen molar-refractivity contribution >= 4 is 46.3 Å². The van der Waals surface area contributed by atoms with E-state index < -0.39 is 11.7 Å². The second-order valence-electron chi connectivity index (χ2n) is 7.19. The van der Waals surface area contributed by atoms with E-state index in [2.05, 4.69) is 29.0 Å². The van der Waals surface area contributed by atoms with Crippen LogP contribution in [-0.2, 0) is 11.0 Å². The van der Waals surface area contributed by atoms with Gasteiger partial charge in [-0.2, -0.15) is 13.2 Å². The number of amides is 1. The van der Waals surface area contributed by atoms with Gasteiger partial charge in [0.25, 0.3) is 0 Å². The van der Waals surface area contributed by atoms with E-state index in [0.29, 0.717) is 11.9 Å². The normalized spacial score (nSPS) is 11.5. The first-order valence-electron chi connectivity index (χ1n) is 9.75. The minimum atomic E-state index is -4.52. The summed E-state index contributed by atoms with van der Waals surface area (Å²) < 4.78 is 38.1. The number of anilines is 3. The Morgan fingerprint density at radius 1 is 1.09 bits per heavy atom. The van der Waals surface area contributed by atoms with Crippen LogP contribution in [-0.4, -0.2) is 22.7 Å². The molecule has 0 aliphatic rings. The van der Waals surface area contributed by atoms with E-state index in [9.17, 15) is 18.0 Å². The lowest BCUT2D eigenvalue weighted by molar-refractivity contribution is -0.137. The number of carbonyl (C=O) groups is 1. The summed E-state index contributed by atoms with van der Waals surface area (Å²) >= 11 is 6.85. The van der Waals surface area contributed by atoms with Crippen LogP contribution in [0.2, 0.25) is 5.02 Å². The summed E-state index contributed by atoms with van der Waals surface area (Å²) in [6, 6.07) is 18.5. The summed E-state index contributed by atoms with van der Waals surface area (Å²) in [5.74, 6) is -0.355. The number of hydrogen-bond donors (Lipinski definition) is 1. The predicted molar refractivity (Wildman–Crippen MR) is 124 cm³/mol. The van der Waals surface area contributed by atoms with Gasteiger partial charge < -0.3 is 10.2 Å². The maximum Gasteiger partial charge on any atom is 0.417 e. The molecular weight excluding hydrogens is 459 g/mol. The van der Waals surface area contributed by atoms with Gasteiger partial charge in [0.1, 0.15) is 5.03 Å². The van der Waals surface area contributed by atoms with Gasteiger partial charge in [0, 0.05) is 29.3 Å². The maximum atomic E-state index is 12.7. The van der Waals surface area contributed by atoms with Crippen LogP contribution in [0.25, 0.3) is 0 Å². The van der Waals surface area contributed by atoms with Crippen molar-refractivity contribution in [3.63, 3.8) is 0 Å². The largest absolute Gasteiger partial charge is 0.417 e. The van der Waals surface area contributed by atoms with Gasteiger partial charge in [0.2, 0.25) is 5.91 Å². The zero-order valence-corrected chi connectivity index (χ0v) is 18.9. The molecule has 32 heavy (non-hydrogen) atoms. The average molecular weight is 480 g/mol. The quantitative estimate of drug-likeness (QED) is 0.369. The Bertz CT molecular complexity index is 1060. The highest BCUT2D eigenvalue weighted by Crippen LogP contribution is 2.34. The number of thioether (sulfide) groups is 1. The monoisotopic (exact) mass is 479 g/mol. The summed E-state index contributed by atoms with van der Waals surface area (Å²) in [5.41, 5.74) is 1.74. The number of carbonyl (C=O) groups excluding carboxylic acids is 1. The summed E-state index contributed by atoms with van der Waals surface area (Å²) in [5, 5.41) is 2.80. The van der Waals surface area contributed by atoms with Crippen molar-refractivity contribution in [1.82, 2.24) is 4.98 Å². The van der Waals surface area contributed by atoms with E-state index >= 15 is 0 Å². The summed E-state index contributed by atoms with van der Waals surface area (Å²) in [6.07, 6.45) is -3.81. The molecule has 1 amide bonds. The smallest absolute Gasteiger partial charge is 0.339 e. The third kappa shape index (κ3) is 6.17. The topological polar surface area (TPSA) is 45.2 Å². The van der Waals surface area contributed by atoms with Crippen LogP contribution in [0.15, 0.2) is 71.9 Å². The van der Waals surface area contributed by atoms with Crippen molar-refractivity contribution in [2.75, 3.05) is 16.0 Å². The lowest BCUT2D eigenvalue weighted by Crippen LogP contribution is -2.25. The highest BCUT2D eigenvalue weighted by Gasteiger charge is 2.31. The maximum absolute atomic E-state index is 12.7. The predicted octanol–water partition coefficient (Wildman–Crippen LogP) is 7.03. The molecule has 0 aliphatic heterocycles. The fourth-order valence-corrected chi connectivity index (χ4v) is 4.05. The van der Waals surface area contributed by atoms with Gasteiger partial charge >= 0.3 is 6.18 Å². The van der Waals surface area contributed by atoms with Crippen LogP contribution in [0.4, 0.5) is 30.2 Å². The lowest BCUT2D eigenvalue weighted by Gasteiger charge is -2.29. The average Bonchev–Trinajstić information content (AvgIpc) is 2.74. The molecule has 168 valence electrons. The Hall–Kier alpha value is -2.71. The first-order valence-corrected chi connectivity index (χ1v) is 11.1. The van der Waals surface area contributed by atoms with Crippen molar-refractivity contribution in [2.24, 2.45) is 0 Å². The zero-order valence-electron chi connectivity index (χ0n) is 17.4. The first kappa shape index (κ1) is 23.9. The van der Waals surface area contributed by atoms with Crippen LogP contribution in [0.3, 0.4) is 0 Å². The molecular formula is C23H21ClF3N3OS.